The summed E-state index contributed by atoms with van der Waals surface area (Å²) >= 11 is 0. The van der Waals surface area contributed by atoms with Gasteiger partial charge in [-0.1, -0.05) is 19.1 Å². The van der Waals surface area contributed by atoms with Crippen LogP contribution in [0.5, 0.6) is 5.75 Å². The van der Waals surface area contributed by atoms with Crippen molar-refractivity contribution < 1.29 is 19.4 Å². The van der Waals surface area contributed by atoms with Crippen LogP contribution in [0.15, 0.2) is 24.3 Å². The monoisotopic (exact) mass is 276 g/mol. The summed E-state index contributed by atoms with van der Waals surface area (Å²) in [4.78, 5) is 11.0. The van der Waals surface area contributed by atoms with Gasteiger partial charge in [-0.15, -0.1) is 0 Å². The summed E-state index contributed by atoms with van der Waals surface area (Å²) in [5.41, 5.74) is 1.05. The minimum absolute atomic E-state index is 0.119. The summed E-state index contributed by atoms with van der Waals surface area (Å²) in [6, 6.07) is 7.89. The van der Waals surface area contributed by atoms with Crippen molar-refractivity contribution in [3.63, 3.8) is 0 Å². The fourth-order valence-electron chi connectivity index (χ4n) is 2.72. The Bertz CT molecular complexity index is 515. The number of carboxylic acid groups (broad SMARTS) is 1. The molecule has 0 amide bonds. The molecule has 4 nitrogen and oxygen atoms in total. The summed E-state index contributed by atoms with van der Waals surface area (Å²) in [6.45, 7) is 4.28. The van der Waals surface area contributed by atoms with Gasteiger partial charge in [-0.25, -0.2) is 0 Å². The Balaban J connectivity index is 1.68. The van der Waals surface area contributed by atoms with Gasteiger partial charge in [0.1, 0.15) is 5.75 Å². The number of benzene rings is 1. The summed E-state index contributed by atoms with van der Waals surface area (Å²) < 4.78 is 11.1. The van der Waals surface area contributed by atoms with Crippen LogP contribution in [-0.4, -0.2) is 30.9 Å². The van der Waals surface area contributed by atoms with Crippen LogP contribution in [0, 0.1) is 5.41 Å². The van der Waals surface area contributed by atoms with Gasteiger partial charge >= 0.3 is 5.97 Å². The Hall–Kier alpha value is -1.55. The second-order valence-electron chi connectivity index (χ2n) is 6.47. The zero-order valence-electron chi connectivity index (χ0n) is 11.7. The lowest BCUT2D eigenvalue weighted by molar-refractivity contribution is -0.137. The van der Waals surface area contributed by atoms with Crippen LogP contribution < -0.4 is 4.74 Å². The standard InChI is InChI=1S/C16H20O4/c1-15(9-19-10-15)11-20-13-4-2-3-12(7-13)16(5-6-16)8-14(17)18/h2-4,7H,5-6,8-11H2,1H3,(H,17,18). The number of ether oxygens (including phenoxy) is 2. The predicted octanol–water partition coefficient (Wildman–Crippen LogP) is 2.61. The maximum Gasteiger partial charge on any atom is 0.304 e. The minimum Gasteiger partial charge on any atom is -0.493 e. The quantitative estimate of drug-likeness (QED) is 0.867. The molecule has 3 rings (SSSR count). The number of carbonyl (C=O) groups is 1. The SMILES string of the molecule is CC1(COc2cccc(C3(CC(=O)O)CC3)c2)COC1. The number of hydrogen-bond acceptors (Lipinski definition) is 3. The van der Waals surface area contributed by atoms with Crippen molar-refractivity contribution in [1.29, 1.82) is 0 Å². The Morgan fingerprint density at radius 1 is 1.40 bits per heavy atom. The van der Waals surface area contributed by atoms with Gasteiger partial charge in [-0.05, 0) is 30.5 Å². The normalized spacial score (nSPS) is 21.9. The molecule has 1 heterocycles. The highest BCUT2D eigenvalue weighted by molar-refractivity contribution is 5.70. The maximum atomic E-state index is 11.0. The van der Waals surface area contributed by atoms with E-state index in [1.807, 2.05) is 24.3 Å². The van der Waals surface area contributed by atoms with Crippen molar-refractivity contribution in [3.8, 4) is 5.75 Å². The van der Waals surface area contributed by atoms with Crippen LogP contribution in [0.3, 0.4) is 0 Å². The maximum absolute atomic E-state index is 11.0. The molecule has 0 spiro atoms. The molecule has 1 aromatic carbocycles. The third-order valence-corrected chi connectivity index (χ3v) is 4.28. The average molecular weight is 276 g/mol. The summed E-state index contributed by atoms with van der Waals surface area (Å²) in [5.74, 6) is 0.0974. The highest BCUT2D eigenvalue weighted by Gasteiger charge is 2.46. The molecule has 108 valence electrons. The van der Waals surface area contributed by atoms with E-state index in [0.717, 1.165) is 37.4 Å². The van der Waals surface area contributed by atoms with E-state index in [1.54, 1.807) is 0 Å². The first kappa shape index (κ1) is 13.4. The lowest BCUT2D eigenvalue weighted by atomic mass is 9.90. The van der Waals surface area contributed by atoms with Crippen molar-refractivity contribution >= 4 is 5.97 Å². The van der Waals surface area contributed by atoms with E-state index >= 15 is 0 Å². The van der Waals surface area contributed by atoms with Crippen molar-refractivity contribution in [3.05, 3.63) is 29.8 Å². The third-order valence-electron chi connectivity index (χ3n) is 4.28. The molecule has 1 saturated carbocycles. The van der Waals surface area contributed by atoms with Crippen LogP contribution in [0.25, 0.3) is 0 Å². The fourth-order valence-corrected chi connectivity index (χ4v) is 2.72. The number of aliphatic carboxylic acids is 1. The molecule has 20 heavy (non-hydrogen) atoms. The first-order chi connectivity index (χ1) is 9.51. The van der Waals surface area contributed by atoms with Crippen molar-refractivity contribution in [2.24, 2.45) is 5.41 Å². The molecular formula is C16H20O4. The first-order valence-corrected chi connectivity index (χ1v) is 7.04. The molecule has 0 aromatic heterocycles. The Labute approximate surface area is 118 Å². The molecule has 0 radical (unpaired) electrons. The summed E-state index contributed by atoms with van der Waals surface area (Å²) in [5, 5.41) is 9.02. The minimum atomic E-state index is -0.729. The van der Waals surface area contributed by atoms with Crippen LogP contribution in [0.4, 0.5) is 0 Å². The number of hydrogen-bond donors (Lipinski definition) is 1. The van der Waals surface area contributed by atoms with E-state index < -0.39 is 5.97 Å². The molecule has 0 unspecified atom stereocenters. The molecular weight excluding hydrogens is 256 g/mol. The van der Waals surface area contributed by atoms with E-state index in [4.69, 9.17) is 14.6 Å². The lowest BCUT2D eigenvalue weighted by Crippen LogP contribution is -2.44. The van der Waals surface area contributed by atoms with E-state index in [1.165, 1.54) is 0 Å². The van der Waals surface area contributed by atoms with E-state index in [9.17, 15) is 4.79 Å². The van der Waals surface area contributed by atoms with Crippen molar-refractivity contribution in [2.75, 3.05) is 19.8 Å². The molecule has 1 aliphatic carbocycles. The summed E-state index contributed by atoms with van der Waals surface area (Å²) in [7, 11) is 0. The van der Waals surface area contributed by atoms with Gasteiger partial charge in [0.15, 0.2) is 0 Å². The van der Waals surface area contributed by atoms with Crippen LogP contribution in [0.1, 0.15) is 31.7 Å². The second kappa shape index (κ2) is 4.77. The molecule has 4 heteroatoms. The number of carboxylic acids is 1. The molecule has 2 aliphatic rings. The Morgan fingerprint density at radius 2 is 2.15 bits per heavy atom. The van der Waals surface area contributed by atoms with Gasteiger partial charge < -0.3 is 14.6 Å². The molecule has 0 bridgehead atoms. The average Bonchev–Trinajstić information content (AvgIpc) is 3.14. The fraction of sp³-hybridized carbons (Fsp3) is 0.562. The molecule has 1 saturated heterocycles. The van der Waals surface area contributed by atoms with Crippen LogP contribution in [0.2, 0.25) is 0 Å². The van der Waals surface area contributed by atoms with Gasteiger partial charge in [0.05, 0.1) is 26.2 Å². The topological polar surface area (TPSA) is 55.8 Å². The molecule has 1 aliphatic heterocycles. The van der Waals surface area contributed by atoms with Gasteiger partial charge in [0.2, 0.25) is 0 Å². The van der Waals surface area contributed by atoms with Gasteiger partial charge in [-0.2, -0.15) is 0 Å². The zero-order chi connectivity index (χ0) is 14.2. The highest BCUT2D eigenvalue weighted by Crippen LogP contribution is 2.51. The third kappa shape index (κ3) is 2.66. The molecule has 1 N–H and O–H groups in total. The summed E-state index contributed by atoms with van der Waals surface area (Å²) in [6.07, 6.45) is 2.12. The van der Waals surface area contributed by atoms with Crippen LogP contribution >= 0.6 is 0 Å². The smallest absolute Gasteiger partial charge is 0.304 e. The van der Waals surface area contributed by atoms with Crippen LogP contribution in [-0.2, 0) is 14.9 Å². The highest BCUT2D eigenvalue weighted by atomic mass is 16.5. The van der Waals surface area contributed by atoms with E-state index in [0.29, 0.717) is 6.61 Å². The van der Waals surface area contributed by atoms with E-state index in [2.05, 4.69) is 6.92 Å². The van der Waals surface area contributed by atoms with Crippen molar-refractivity contribution in [1.82, 2.24) is 0 Å². The number of rotatable bonds is 6. The largest absolute Gasteiger partial charge is 0.493 e. The molecule has 1 aromatic rings. The predicted molar refractivity (Wildman–Crippen MR) is 74.0 cm³/mol. The first-order valence-electron chi connectivity index (χ1n) is 7.04. The van der Waals surface area contributed by atoms with Gasteiger partial charge in [0, 0.05) is 10.8 Å². The Kier molecular flexibility index (Phi) is 3.21. The van der Waals surface area contributed by atoms with Gasteiger partial charge in [-0.3, -0.25) is 4.79 Å². The molecule has 2 fully saturated rings. The molecule has 0 atom stereocenters. The Morgan fingerprint density at radius 3 is 2.70 bits per heavy atom. The van der Waals surface area contributed by atoms with Crippen molar-refractivity contribution in [2.45, 2.75) is 31.6 Å². The second-order valence-corrected chi connectivity index (χ2v) is 6.47. The van der Waals surface area contributed by atoms with Gasteiger partial charge in [0.25, 0.3) is 0 Å². The lowest BCUT2D eigenvalue weighted by Gasteiger charge is -2.37. The van der Waals surface area contributed by atoms with E-state index in [-0.39, 0.29) is 17.3 Å². The zero-order valence-corrected chi connectivity index (χ0v) is 11.7.